The summed E-state index contributed by atoms with van der Waals surface area (Å²) in [4.78, 5) is 41.0. The Bertz CT molecular complexity index is 1220. The third-order valence-electron chi connectivity index (χ3n) is 4.61. The molecule has 0 bridgehead atoms. The summed E-state index contributed by atoms with van der Waals surface area (Å²) in [6.07, 6.45) is 1.53. The number of benzene rings is 2. The first-order valence-electron chi connectivity index (χ1n) is 9.48. The summed E-state index contributed by atoms with van der Waals surface area (Å²) >= 11 is 1.21. The lowest BCUT2D eigenvalue weighted by Crippen LogP contribution is -2.25. The number of rotatable bonds is 7. The van der Waals surface area contributed by atoms with E-state index in [0.29, 0.717) is 5.13 Å². The van der Waals surface area contributed by atoms with Gasteiger partial charge in [0.05, 0.1) is 5.56 Å². The first-order chi connectivity index (χ1) is 15.2. The molecular formula is C23H20FN3O4S. The molecule has 7 nitrogen and oxygen atoms in total. The Morgan fingerprint density at radius 2 is 1.88 bits per heavy atom. The molecule has 0 fully saturated rings. The van der Waals surface area contributed by atoms with Crippen molar-refractivity contribution < 1.29 is 23.9 Å². The maximum atomic E-state index is 14.5. The van der Waals surface area contributed by atoms with Gasteiger partial charge in [-0.3, -0.25) is 14.9 Å². The van der Waals surface area contributed by atoms with Crippen LogP contribution in [0.4, 0.5) is 9.52 Å². The highest BCUT2D eigenvalue weighted by Crippen LogP contribution is 2.31. The number of carboxylic acid groups (broad SMARTS) is 1. The zero-order chi connectivity index (χ0) is 23.4. The lowest BCUT2D eigenvalue weighted by atomic mass is 9.92. The number of nitrogens with one attached hydrogen (secondary N) is 2. The minimum Gasteiger partial charge on any atom is -0.478 e. The monoisotopic (exact) mass is 453 g/mol. The molecule has 0 aliphatic heterocycles. The van der Waals surface area contributed by atoms with Crippen molar-refractivity contribution >= 4 is 34.3 Å². The minimum atomic E-state index is -1.30. The molecule has 2 amide bonds. The van der Waals surface area contributed by atoms with E-state index >= 15 is 0 Å². The molecule has 0 unspecified atom stereocenters. The zero-order valence-corrected chi connectivity index (χ0v) is 18.2. The minimum absolute atomic E-state index is 0.0770. The van der Waals surface area contributed by atoms with Gasteiger partial charge in [0.15, 0.2) is 5.13 Å². The molecule has 0 spiro atoms. The van der Waals surface area contributed by atoms with E-state index in [4.69, 9.17) is 0 Å². The number of thiazole rings is 1. The Hall–Kier alpha value is -3.85. The summed E-state index contributed by atoms with van der Waals surface area (Å²) in [5.74, 6) is -2.99. The van der Waals surface area contributed by atoms with Gasteiger partial charge in [-0.15, -0.1) is 11.3 Å². The number of hydrogen-bond donors (Lipinski definition) is 3. The van der Waals surface area contributed by atoms with Crippen molar-refractivity contribution in [3.63, 3.8) is 0 Å². The number of carboxylic acids is 1. The molecule has 0 saturated heterocycles. The predicted octanol–water partition coefficient (Wildman–Crippen LogP) is 4.51. The first kappa shape index (κ1) is 22.8. The van der Waals surface area contributed by atoms with Gasteiger partial charge in [-0.05, 0) is 54.8 Å². The standard InChI is InChI=1S/C23H20FN3O4S/c1-12(2)11-26-20(28)14-4-5-16(17-9-15(22(30)31)10-19(24)13(17)3)18(8-14)21(29)27-23-25-6-7-32-23/h4-10H,1,11H2,2-3H3,(H,26,28)(H,30,31)(H,25,27,29). The largest absolute Gasteiger partial charge is 0.478 e. The van der Waals surface area contributed by atoms with E-state index in [1.165, 1.54) is 48.7 Å². The number of hydrogen-bond acceptors (Lipinski definition) is 5. The van der Waals surface area contributed by atoms with E-state index < -0.39 is 23.6 Å². The highest BCUT2D eigenvalue weighted by atomic mass is 32.1. The third-order valence-corrected chi connectivity index (χ3v) is 5.30. The van der Waals surface area contributed by atoms with Gasteiger partial charge < -0.3 is 10.4 Å². The Labute approximate surface area is 187 Å². The molecule has 3 N–H and O–H groups in total. The summed E-state index contributed by atoms with van der Waals surface area (Å²) < 4.78 is 14.5. The number of halogens is 1. The maximum absolute atomic E-state index is 14.5. The van der Waals surface area contributed by atoms with Crippen LogP contribution in [0.2, 0.25) is 0 Å². The van der Waals surface area contributed by atoms with Crippen molar-refractivity contribution in [2.45, 2.75) is 13.8 Å². The van der Waals surface area contributed by atoms with Crippen LogP contribution in [-0.2, 0) is 0 Å². The van der Waals surface area contributed by atoms with Crippen molar-refractivity contribution in [3.8, 4) is 11.1 Å². The summed E-state index contributed by atoms with van der Waals surface area (Å²) in [5, 5.41) is 16.7. The van der Waals surface area contributed by atoms with Crippen LogP contribution in [-0.4, -0.2) is 34.4 Å². The lowest BCUT2D eigenvalue weighted by Gasteiger charge is -2.15. The normalized spacial score (nSPS) is 10.5. The average Bonchev–Trinajstić information content (AvgIpc) is 3.26. The summed E-state index contributed by atoms with van der Waals surface area (Å²) in [6, 6.07) is 6.61. The number of anilines is 1. The lowest BCUT2D eigenvalue weighted by molar-refractivity contribution is 0.0696. The molecule has 9 heteroatoms. The Balaban J connectivity index is 2.13. The van der Waals surface area contributed by atoms with Crippen LogP contribution in [0.1, 0.15) is 43.6 Å². The van der Waals surface area contributed by atoms with Gasteiger partial charge in [-0.25, -0.2) is 14.2 Å². The smallest absolute Gasteiger partial charge is 0.335 e. The van der Waals surface area contributed by atoms with Crippen LogP contribution in [0.15, 0.2) is 54.1 Å². The fraction of sp³-hybridized carbons (Fsp3) is 0.130. The SMILES string of the molecule is C=C(C)CNC(=O)c1ccc(-c2cc(C(=O)O)cc(F)c2C)c(C(=O)Nc2nccs2)c1. The quantitative estimate of drug-likeness (QED) is 0.456. The van der Waals surface area contributed by atoms with Crippen LogP contribution in [0.25, 0.3) is 11.1 Å². The average molecular weight is 453 g/mol. The zero-order valence-electron chi connectivity index (χ0n) is 17.4. The third kappa shape index (κ3) is 5.06. The van der Waals surface area contributed by atoms with Gasteiger partial charge in [0.1, 0.15) is 5.82 Å². The van der Waals surface area contributed by atoms with Gasteiger partial charge in [0.2, 0.25) is 0 Å². The van der Waals surface area contributed by atoms with Gasteiger partial charge in [-0.1, -0.05) is 18.2 Å². The number of amides is 2. The number of carbonyl (C=O) groups excluding carboxylic acids is 2. The fourth-order valence-electron chi connectivity index (χ4n) is 2.97. The Morgan fingerprint density at radius 3 is 2.50 bits per heavy atom. The fourth-order valence-corrected chi connectivity index (χ4v) is 3.50. The van der Waals surface area contributed by atoms with Crippen LogP contribution in [0.5, 0.6) is 0 Å². The predicted molar refractivity (Wildman–Crippen MR) is 121 cm³/mol. The number of carbonyl (C=O) groups is 3. The van der Waals surface area contributed by atoms with Crippen molar-refractivity contribution in [1.82, 2.24) is 10.3 Å². The van der Waals surface area contributed by atoms with Gasteiger partial charge >= 0.3 is 5.97 Å². The van der Waals surface area contributed by atoms with Gasteiger partial charge in [0.25, 0.3) is 11.8 Å². The molecule has 3 aromatic rings. The first-order valence-corrected chi connectivity index (χ1v) is 10.4. The van der Waals surface area contributed by atoms with E-state index in [2.05, 4.69) is 22.2 Å². The van der Waals surface area contributed by atoms with Gasteiger partial charge in [-0.2, -0.15) is 0 Å². The van der Waals surface area contributed by atoms with Crippen LogP contribution in [0, 0.1) is 12.7 Å². The molecule has 2 aromatic carbocycles. The highest BCUT2D eigenvalue weighted by Gasteiger charge is 2.21. The van der Waals surface area contributed by atoms with Crippen LogP contribution >= 0.6 is 11.3 Å². The summed E-state index contributed by atoms with van der Waals surface area (Å²) in [7, 11) is 0. The topological polar surface area (TPSA) is 108 Å². The molecule has 1 heterocycles. The molecule has 0 atom stereocenters. The van der Waals surface area contributed by atoms with E-state index in [-0.39, 0.29) is 39.9 Å². The van der Waals surface area contributed by atoms with Crippen molar-refractivity contribution in [1.29, 1.82) is 0 Å². The number of nitrogens with zero attached hydrogens (tertiary/aromatic N) is 1. The molecule has 0 radical (unpaired) electrons. The van der Waals surface area contributed by atoms with Crippen LogP contribution in [0.3, 0.4) is 0 Å². The number of aromatic nitrogens is 1. The molecular weight excluding hydrogens is 433 g/mol. The molecule has 32 heavy (non-hydrogen) atoms. The number of aromatic carboxylic acids is 1. The second-order valence-corrected chi connectivity index (χ2v) is 8.02. The second-order valence-electron chi connectivity index (χ2n) is 7.13. The van der Waals surface area contributed by atoms with Crippen molar-refractivity contribution in [2.75, 3.05) is 11.9 Å². The molecule has 3 rings (SSSR count). The Kier molecular flexibility index (Phi) is 6.79. The second kappa shape index (κ2) is 9.52. The van der Waals surface area contributed by atoms with Crippen molar-refractivity contribution in [3.05, 3.63) is 82.1 Å². The molecule has 1 aromatic heterocycles. The van der Waals surface area contributed by atoms with E-state index in [1.807, 2.05) is 0 Å². The molecule has 0 aliphatic carbocycles. The van der Waals surface area contributed by atoms with Crippen LogP contribution < -0.4 is 10.6 Å². The molecule has 164 valence electrons. The van der Waals surface area contributed by atoms with Crippen molar-refractivity contribution in [2.24, 2.45) is 0 Å². The van der Waals surface area contributed by atoms with E-state index in [0.717, 1.165) is 11.6 Å². The maximum Gasteiger partial charge on any atom is 0.335 e. The molecule has 0 aliphatic rings. The van der Waals surface area contributed by atoms with Gasteiger partial charge in [0, 0.05) is 29.2 Å². The van der Waals surface area contributed by atoms with E-state index in [1.54, 1.807) is 12.3 Å². The molecule has 0 saturated carbocycles. The summed E-state index contributed by atoms with van der Waals surface area (Å²) in [5.41, 5.74) is 1.50. The summed E-state index contributed by atoms with van der Waals surface area (Å²) in [6.45, 7) is 7.26. The Morgan fingerprint density at radius 1 is 1.12 bits per heavy atom. The van der Waals surface area contributed by atoms with E-state index in [9.17, 15) is 23.9 Å². The highest BCUT2D eigenvalue weighted by molar-refractivity contribution is 7.13.